The van der Waals surface area contributed by atoms with Crippen LogP contribution < -0.4 is 5.32 Å². The smallest absolute Gasteiger partial charge is 0.280 e. The largest absolute Gasteiger partial charge is 0.298 e. The molecule has 3 aromatic rings. The Morgan fingerprint density at radius 1 is 1.20 bits per heavy atom. The normalized spacial score (nSPS) is 10.2. The van der Waals surface area contributed by atoms with Gasteiger partial charge in [0.15, 0.2) is 6.29 Å². The number of nitrogens with zero attached hydrogens (tertiary/aromatic N) is 4. The number of rotatable bonds is 5. The van der Waals surface area contributed by atoms with Crippen LogP contribution in [0.1, 0.15) is 20.7 Å². The summed E-state index contributed by atoms with van der Waals surface area (Å²) in [6, 6.07) is 7.32. The van der Waals surface area contributed by atoms with Crippen molar-refractivity contribution < 1.29 is 14.5 Å². The molecule has 0 bridgehead atoms. The van der Waals surface area contributed by atoms with Crippen molar-refractivity contribution in [3.05, 3.63) is 64.0 Å². The van der Waals surface area contributed by atoms with Gasteiger partial charge in [-0.15, -0.1) is 10.2 Å². The lowest BCUT2D eigenvalue weighted by atomic mass is 10.1. The van der Waals surface area contributed by atoms with Crippen LogP contribution in [0.4, 0.5) is 10.8 Å². The highest BCUT2D eigenvalue weighted by Crippen LogP contribution is 2.27. The van der Waals surface area contributed by atoms with Gasteiger partial charge in [0, 0.05) is 24.0 Å². The quantitative estimate of drug-likeness (QED) is 0.423. The number of aromatic nitrogens is 3. The second kappa shape index (κ2) is 6.93. The van der Waals surface area contributed by atoms with Gasteiger partial charge in [0.25, 0.3) is 11.6 Å². The molecule has 0 aliphatic carbocycles. The second-order valence-electron chi connectivity index (χ2n) is 4.72. The van der Waals surface area contributed by atoms with Crippen molar-refractivity contribution in [2.75, 3.05) is 5.32 Å². The molecule has 25 heavy (non-hydrogen) atoms. The summed E-state index contributed by atoms with van der Waals surface area (Å²) in [6.07, 6.45) is 3.50. The third kappa shape index (κ3) is 3.38. The molecule has 1 N–H and O–H groups in total. The summed E-state index contributed by atoms with van der Waals surface area (Å²) >= 11 is 1.13. The number of nitrogens with one attached hydrogen (secondary N) is 1. The molecule has 2 aromatic heterocycles. The Bertz CT molecular complexity index is 958. The molecular formula is C15H9N5O4S. The van der Waals surface area contributed by atoms with Crippen molar-refractivity contribution in [2.45, 2.75) is 0 Å². The molecule has 0 aliphatic rings. The Morgan fingerprint density at radius 2 is 1.96 bits per heavy atom. The van der Waals surface area contributed by atoms with Crippen LogP contribution in [0.15, 0.2) is 42.7 Å². The van der Waals surface area contributed by atoms with Crippen molar-refractivity contribution >= 4 is 34.3 Å². The zero-order chi connectivity index (χ0) is 17.8. The molecule has 124 valence electrons. The molecule has 0 aliphatic heterocycles. The summed E-state index contributed by atoms with van der Waals surface area (Å²) in [4.78, 5) is 37.7. The van der Waals surface area contributed by atoms with E-state index in [0.29, 0.717) is 5.01 Å². The highest BCUT2D eigenvalue weighted by molar-refractivity contribution is 7.18. The van der Waals surface area contributed by atoms with Gasteiger partial charge in [0.05, 0.1) is 10.5 Å². The number of anilines is 1. The van der Waals surface area contributed by atoms with Crippen molar-refractivity contribution in [2.24, 2.45) is 0 Å². The number of pyridine rings is 1. The number of benzene rings is 1. The van der Waals surface area contributed by atoms with Crippen LogP contribution in [0.2, 0.25) is 0 Å². The highest BCUT2D eigenvalue weighted by atomic mass is 32.1. The third-order valence-corrected chi connectivity index (χ3v) is 4.10. The predicted molar refractivity (Wildman–Crippen MR) is 89.6 cm³/mol. The maximum absolute atomic E-state index is 12.4. The van der Waals surface area contributed by atoms with E-state index in [2.05, 4.69) is 20.5 Å². The number of aldehydes is 1. The first-order chi connectivity index (χ1) is 12.1. The van der Waals surface area contributed by atoms with Crippen molar-refractivity contribution in [1.29, 1.82) is 0 Å². The molecule has 2 heterocycles. The van der Waals surface area contributed by atoms with Crippen LogP contribution in [0.3, 0.4) is 0 Å². The molecule has 0 spiro atoms. The number of amides is 1. The van der Waals surface area contributed by atoms with E-state index in [0.717, 1.165) is 23.0 Å². The lowest BCUT2D eigenvalue weighted by Crippen LogP contribution is -2.15. The van der Waals surface area contributed by atoms with Crippen molar-refractivity contribution in [1.82, 2.24) is 15.2 Å². The molecule has 0 atom stereocenters. The summed E-state index contributed by atoms with van der Waals surface area (Å²) in [5.41, 5.74) is -0.0388. The molecule has 0 saturated heterocycles. The topological polar surface area (TPSA) is 128 Å². The van der Waals surface area contributed by atoms with Crippen LogP contribution in [0, 0.1) is 10.1 Å². The molecular weight excluding hydrogens is 346 g/mol. The van der Waals surface area contributed by atoms with Crippen molar-refractivity contribution in [3.63, 3.8) is 0 Å². The first kappa shape index (κ1) is 16.3. The highest BCUT2D eigenvalue weighted by Gasteiger charge is 2.22. The Labute approximate surface area is 144 Å². The van der Waals surface area contributed by atoms with Gasteiger partial charge >= 0.3 is 0 Å². The summed E-state index contributed by atoms with van der Waals surface area (Å²) in [6.45, 7) is 0. The number of nitro benzene ring substituents is 1. The number of carbonyl (C=O) groups excluding carboxylic acids is 2. The van der Waals surface area contributed by atoms with Crippen LogP contribution in [0.5, 0.6) is 0 Å². The van der Waals surface area contributed by atoms with Gasteiger partial charge < -0.3 is 0 Å². The summed E-state index contributed by atoms with van der Waals surface area (Å²) < 4.78 is 0. The van der Waals surface area contributed by atoms with E-state index in [-0.39, 0.29) is 22.5 Å². The first-order valence-corrected chi connectivity index (χ1v) is 7.69. The summed E-state index contributed by atoms with van der Waals surface area (Å²) in [5.74, 6) is -0.678. The minimum atomic E-state index is -0.715. The third-order valence-electron chi connectivity index (χ3n) is 3.22. The Morgan fingerprint density at radius 3 is 2.64 bits per heavy atom. The van der Waals surface area contributed by atoms with Gasteiger partial charge in [0.1, 0.15) is 10.6 Å². The van der Waals surface area contributed by atoms with Crippen LogP contribution in [-0.2, 0) is 0 Å². The average Bonchev–Trinajstić information content (AvgIpc) is 3.10. The number of carbonyl (C=O) groups is 2. The lowest BCUT2D eigenvalue weighted by molar-refractivity contribution is -0.385. The van der Waals surface area contributed by atoms with E-state index in [1.807, 2.05) is 0 Å². The van der Waals surface area contributed by atoms with Crippen LogP contribution >= 0.6 is 11.3 Å². The molecule has 1 amide bonds. The molecule has 0 fully saturated rings. The molecule has 9 nitrogen and oxygen atoms in total. The fraction of sp³-hybridized carbons (Fsp3) is 0. The van der Waals surface area contributed by atoms with Gasteiger partial charge in [-0.1, -0.05) is 17.4 Å². The SMILES string of the molecule is O=Cc1c(C(=O)Nc2nnc(-c3ccncc3)s2)cccc1[N+](=O)[O-]. The zero-order valence-electron chi connectivity index (χ0n) is 12.4. The van der Waals surface area contributed by atoms with Gasteiger partial charge in [-0.3, -0.25) is 30.0 Å². The van der Waals surface area contributed by atoms with E-state index in [4.69, 9.17) is 0 Å². The van der Waals surface area contributed by atoms with Crippen LogP contribution in [0.25, 0.3) is 10.6 Å². The molecule has 0 radical (unpaired) electrons. The van der Waals surface area contributed by atoms with Gasteiger partial charge in [0.2, 0.25) is 5.13 Å². The molecule has 3 rings (SSSR count). The zero-order valence-corrected chi connectivity index (χ0v) is 13.3. The fourth-order valence-electron chi connectivity index (χ4n) is 2.08. The molecule has 0 saturated carbocycles. The maximum atomic E-state index is 12.4. The summed E-state index contributed by atoms with van der Waals surface area (Å²) in [7, 11) is 0. The number of hydrogen-bond acceptors (Lipinski definition) is 8. The average molecular weight is 355 g/mol. The van der Waals surface area contributed by atoms with Crippen molar-refractivity contribution in [3.8, 4) is 10.6 Å². The van der Waals surface area contributed by atoms with Gasteiger partial charge in [-0.2, -0.15) is 0 Å². The van der Waals surface area contributed by atoms with E-state index in [9.17, 15) is 19.7 Å². The molecule has 10 heteroatoms. The minimum absolute atomic E-state index is 0.107. The second-order valence-corrected chi connectivity index (χ2v) is 5.69. The Hall–Kier alpha value is -3.53. The standard InChI is InChI=1S/C15H9N5O4S/c21-8-11-10(2-1-3-12(11)20(23)24)13(22)17-15-19-18-14(25-15)9-4-6-16-7-5-9/h1-8H,(H,17,19,22). The molecule has 0 unspecified atom stereocenters. The summed E-state index contributed by atoms with van der Waals surface area (Å²) in [5, 5.41) is 22.1. The lowest BCUT2D eigenvalue weighted by Gasteiger charge is -2.04. The molecule has 1 aromatic carbocycles. The minimum Gasteiger partial charge on any atom is -0.298 e. The monoisotopic (exact) mass is 355 g/mol. The first-order valence-electron chi connectivity index (χ1n) is 6.88. The van der Waals surface area contributed by atoms with E-state index in [1.165, 1.54) is 12.1 Å². The number of hydrogen-bond donors (Lipinski definition) is 1. The maximum Gasteiger partial charge on any atom is 0.280 e. The fourth-order valence-corrected chi connectivity index (χ4v) is 2.83. The van der Waals surface area contributed by atoms with E-state index >= 15 is 0 Å². The Kier molecular flexibility index (Phi) is 4.53. The predicted octanol–water partition coefficient (Wildman–Crippen LogP) is 2.57. The van der Waals surface area contributed by atoms with E-state index in [1.54, 1.807) is 24.5 Å². The van der Waals surface area contributed by atoms with Gasteiger partial charge in [-0.25, -0.2) is 0 Å². The van der Waals surface area contributed by atoms with Gasteiger partial charge in [-0.05, 0) is 18.2 Å². The number of nitro groups is 1. The Balaban J connectivity index is 1.86. The van der Waals surface area contributed by atoms with Crippen LogP contribution in [-0.4, -0.2) is 32.3 Å². The van der Waals surface area contributed by atoms with E-state index < -0.39 is 16.5 Å².